The number of allylic oxidation sites excluding steroid dienone is 2. The molecule has 20 heavy (non-hydrogen) atoms. The Hall–Kier alpha value is -2.61. The molecule has 1 aliphatic rings. The first kappa shape index (κ1) is 11.2. The molecule has 2 nitrogen and oxygen atoms in total. The van der Waals surface area contributed by atoms with E-state index in [-0.39, 0.29) is 0 Å². The smallest absolute Gasteiger partial charge is 0.145 e. The van der Waals surface area contributed by atoms with Crippen molar-refractivity contribution in [2.24, 2.45) is 0 Å². The van der Waals surface area contributed by atoms with Crippen LogP contribution in [-0.4, -0.2) is 9.55 Å². The normalized spacial score (nSPS) is 13.4. The summed E-state index contributed by atoms with van der Waals surface area (Å²) in [5.41, 5.74) is 4.63. The lowest BCUT2D eigenvalue weighted by atomic mass is 10.1. The first-order valence-electron chi connectivity index (χ1n) is 6.83. The van der Waals surface area contributed by atoms with Gasteiger partial charge in [0.15, 0.2) is 0 Å². The third kappa shape index (κ3) is 1.62. The van der Waals surface area contributed by atoms with Gasteiger partial charge < -0.3 is 0 Å². The van der Waals surface area contributed by atoms with Crippen molar-refractivity contribution in [1.82, 2.24) is 9.55 Å². The molecule has 0 saturated heterocycles. The zero-order chi connectivity index (χ0) is 13.4. The Kier molecular flexibility index (Phi) is 2.52. The largest absolute Gasteiger partial charge is 0.294 e. The summed E-state index contributed by atoms with van der Waals surface area (Å²) < 4.78 is 2.23. The topological polar surface area (TPSA) is 17.8 Å². The lowest BCUT2D eigenvalue weighted by Crippen LogP contribution is -1.97. The van der Waals surface area contributed by atoms with Gasteiger partial charge in [-0.2, -0.15) is 0 Å². The second kappa shape index (κ2) is 4.49. The Morgan fingerprint density at radius 3 is 2.65 bits per heavy atom. The van der Waals surface area contributed by atoms with E-state index in [1.165, 1.54) is 16.6 Å². The highest BCUT2D eigenvalue weighted by atomic mass is 15.1. The van der Waals surface area contributed by atoms with Crippen LogP contribution in [0.5, 0.6) is 0 Å². The summed E-state index contributed by atoms with van der Waals surface area (Å²) in [6.45, 7) is 0. The molecular formula is C18H14N2. The third-order valence-corrected chi connectivity index (χ3v) is 3.65. The molecule has 0 aliphatic heterocycles. The summed E-state index contributed by atoms with van der Waals surface area (Å²) in [5, 5.41) is 1.20. The molecule has 0 unspecified atom stereocenters. The van der Waals surface area contributed by atoms with Crippen molar-refractivity contribution >= 4 is 23.2 Å². The molecule has 0 saturated carbocycles. The SMILES string of the molecule is C1=Cc2c(n(-c3ccccc3)c3ncccc23)C=CC1. The van der Waals surface area contributed by atoms with Crippen LogP contribution >= 0.6 is 0 Å². The van der Waals surface area contributed by atoms with E-state index in [1.54, 1.807) is 0 Å². The van der Waals surface area contributed by atoms with E-state index in [4.69, 9.17) is 0 Å². The van der Waals surface area contributed by atoms with Crippen molar-refractivity contribution in [2.45, 2.75) is 6.42 Å². The van der Waals surface area contributed by atoms with Gasteiger partial charge in [-0.05, 0) is 36.8 Å². The van der Waals surface area contributed by atoms with Crippen molar-refractivity contribution in [2.75, 3.05) is 0 Å². The van der Waals surface area contributed by atoms with Gasteiger partial charge in [-0.1, -0.05) is 36.4 Å². The monoisotopic (exact) mass is 258 g/mol. The summed E-state index contributed by atoms with van der Waals surface area (Å²) in [4.78, 5) is 4.59. The number of fused-ring (bicyclic) bond motifs is 3. The second-order valence-corrected chi connectivity index (χ2v) is 4.88. The lowest BCUT2D eigenvalue weighted by molar-refractivity contribution is 1.07. The fourth-order valence-corrected chi connectivity index (χ4v) is 2.78. The highest BCUT2D eigenvalue weighted by Crippen LogP contribution is 2.31. The lowest BCUT2D eigenvalue weighted by Gasteiger charge is -2.07. The van der Waals surface area contributed by atoms with Crippen LogP contribution < -0.4 is 0 Å². The van der Waals surface area contributed by atoms with Gasteiger partial charge in [-0.3, -0.25) is 4.57 Å². The first-order valence-corrected chi connectivity index (χ1v) is 6.83. The molecule has 3 aromatic rings. The van der Waals surface area contributed by atoms with Crippen LogP contribution in [-0.2, 0) is 0 Å². The molecule has 0 N–H and O–H groups in total. The Labute approximate surface area is 117 Å². The molecule has 2 aromatic heterocycles. The molecule has 0 bridgehead atoms. The van der Waals surface area contributed by atoms with Gasteiger partial charge >= 0.3 is 0 Å². The molecule has 96 valence electrons. The van der Waals surface area contributed by atoms with Gasteiger partial charge in [0.05, 0.1) is 5.69 Å². The molecule has 0 amide bonds. The standard InChI is InChI=1S/C18H14N2/c1-3-8-14(9-4-1)20-17-12-6-2-5-10-15(17)16-11-7-13-19-18(16)20/h1,3-13H,2H2. The van der Waals surface area contributed by atoms with E-state index in [0.717, 1.165) is 17.8 Å². The fourth-order valence-electron chi connectivity index (χ4n) is 2.78. The Bertz CT molecular complexity index is 823. The predicted molar refractivity (Wildman–Crippen MR) is 83.8 cm³/mol. The molecule has 2 heterocycles. The van der Waals surface area contributed by atoms with Crippen LogP contribution in [0.15, 0.2) is 60.8 Å². The molecule has 1 aliphatic carbocycles. The van der Waals surface area contributed by atoms with Crippen molar-refractivity contribution in [3.63, 3.8) is 0 Å². The molecule has 2 heteroatoms. The van der Waals surface area contributed by atoms with Crippen LogP contribution in [0.3, 0.4) is 0 Å². The van der Waals surface area contributed by atoms with Crippen LogP contribution in [0, 0.1) is 0 Å². The summed E-state index contributed by atoms with van der Waals surface area (Å²) in [5.74, 6) is 0. The second-order valence-electron chi connectivity index (χ2n) is 4.88. The quantitative estimate of drug-likeness (QED) is 0.630. The van der Waals surface area contributed by atoms with E-state index in [1.807, 2.05) is 18.3 Å². The predicted octanol–water partition coefficient (Wildman–Crippen LogP) is 4.46. The molecule has 0 fully saturated rings. The van der Waals surface area contributed by atoms with E-state index < -0.39 is 0 Å². The minimum Gasteiger partial charge on any atom is -0.294 e. The zero-order valence-corrected chi connectivity index (χ0v) is 11.0. The Morgan fingerprint density at radius 2 is 1.75 bits per heavy atom. The molecule has 0 atom stereocenters. The highest BCUT2D eigenvalue weighted by Gasteiger charge is 2.16. The van der Waals surface area contributed by atoms with E-state index in [9.17, 15) is 0 Å². The zero-order valence-electron chi connectivity index (χ0n) is 11.0. The van der Waals surface area contributed by atoms with Crippen LogP contribution in [0.1, 0.15) is 17.7 Å². The number of benzene rings is 1. The van der Waals surface area contributed by atoms with Gasteiger partial charge in [0.25, 0.3) is 0 Å². The van der Waals surface area contributed by atoms with E-state index in [2.05, 4.69) is 64.2 Å². The Balaban J connectivity index is 2.15. The molecular weight excluding hydrogens is 244 g/mol. The number of para-hydroxylation sites is 1. The van der Waals surface area contributed by atoms with E-state index in [0.29, 0.717) is 0 Å². The number of pyridine rings is 1. The fraction of sp³-hybridized carbons (Fsp3) is 0.0556. The maximum atomic E-state index is 4.59. The highest BCUT2D eigenvalue weighted by molar-refractivity contribution is 5.93. The van der Waals surface area contributed by atoms with Crippen molar-refractivity contribution < 1.29 is 0 Å². The van der Waals surface area contributed by atoms with Gasteiger partial charge in [-0.15, -0.1) is 0 Å². The van der Waals surface area contributed by atoms with Crippen molar-refractivity contribution in [1.29, 1.82) is 0 Å². The summed E-state index contributed by atoms with van der Waals surface area (Å²) in [7, 11) is 0. The molecule has 0 radical (unpaired) electrons. The third-order valence-electron chi connectivity index (χ3n) is 3.65. The Morgan fingerprint density at radius 1 is 0.900 bits per heavy atom. The first-order chi connectivity index (χ1) is 9.95. The summed E-state index contributed by atoms with van der Waals surface area (Å²) in [6, 6.07) is 14.6. The molecule has 1 aromatic carbocycles. The number of rotatable bonds is 1. The van der Waals surface area contributed by atoms with E-state index >= 15 is 0 Å². The van der Waals surface area contributed by atoms with Crippen LogP contribution in [0.4, 0.5) is 0 Å². The van der Waals surface area contributed by atoms with Gasteiger partial charge in [0.2, 0.25) is 0 Å². The van der Waals surface area contributed by atoms with Crippen LogP contribution in [0.2, 0.25) is 0 Å². The molecule has 0 spiro atoms. The van der Waals surface area contributed by atoms with Gasteiger partial charge in [0, 0.05) is 22.8 Å². The average molecular weight is 258 g/mol. The maximum absolute atomic E-state index is 4.59. The van der Waals surface area contributed by atoms with Gasteiger partial charge in [0.1, 0.15) is 5.65 Å². The number of hydrogen-bond donors (Lipinski definition) is 0. The minimum atomic E-state index is 0.977. The molecule has 4 rings (SSSR count). The number of aromatic nitrogens is 2. The summed E-state index contributed by atoms with van der Waals surface area (Å²) >= 11 is 0. The number of nitrogens with zero attached hydrogens (tertiary/aromatic N) is 2. The van der Waals surface area contributed by atoms with Crippen LogP contribution in [0.25, 0.3) is 28.9 Å². The minimum absolute atomic E-state index is 0.977. The van der Waals surface area contributed by atoms with Crippen molar-refractivity contribution in [3.05, 3.63) is 72.1 Å². The van der Waals surface area contributed by atoms with Gasteiger partial charge in [-0.25, -0.2) is 4.98 Å². The average Bonchev–Trinajstić information content (AvgIpc) is 2.65. The summed E-state index contributed by atoms with van der Waals surface area (Å²) in [6.07, 6.45) is 11.6. The van der Waals surface area contributed by atoms with Crippen molar-refractivity contribution in [3.8, 4) is 5.69 Å². The number of hydrogen-bond acceptors (Lipinski definition) is 1. The maximum Gasteiger partial charge on any atom is 0.145 e.